The first kappa shape index (κ1) is 17.2. The Kier molecular flexibility index (Phi) is 5.52. The molecule has 0 aliphatic carbocycles. The third-order valence-electron chi connectivity index (χ3n) is 3.56. The van der Waals surface area contributed by atoms with E-state index in [9.17, 15) is 14.7 Å². The molecule has 0 fully saturated rings. The zero-order valence-corrected chi connectivity index (χ0v) is 13.9. The molecule has 0 spiro atoms. The van der Waals surface area contributed by atoms with E-state index in [-0.39, 0.29) is 6.54 Å². The molecule has 3 N–H and O–H groups in total. The summed E-state index contributed by atoms with van der Waals surface area (Å²) in [5.74, 6) is -1.53. The van der Waals surface area contributed by atoms with Gasteiger partial charge < -0.3 is 15.7 Å². The second-order valence-corrected chi connectivity index (χ2v) is 6.25. The van der Waals surface area contributed by atoms with E-state index in [0.29, 0.717) is 11.3 Å². The quantitative estimate of drug-likeness (QED) is 0.735. The van der Waals surface area contributed by atoms with E-state index >= 15 is 0 Å². The number of aliphatic hydroxyl groups is 1. The van der Waals surface area contributed by atoms with Crippen molar-refractivity contribution in [2.45, 2.75) is 25.9 Å². The van der Waals surface area contributed by atoms with Gasteiger partial charge in [0, 0.05) is 5.69 Å². The molecule has 5 nitrogen and oxygen atoms in total. The highest BCUT2D eigenvalue weighted by molar-refractivity contribution is 7.08. The van der Waals surface area contributed by atoms with Crippen LogP contribution in [0.1, 0.15) is 25.0 Å². The normalized spacial score (nSPS) is 13.2. The Bertz CT molecular complexity index is 664. The molecular weight excluding hydrogens is 312 g/mol. The summed E-state index contributed by atoms with van der Waals surface area (Å²) in [5, 5.41) is 19.0. The first-order chi connectivity index (χ1) is 10.9. The van der Waals surface area contributed by atoms with Crippen molar-refractivity contribution in [3.05, 3.63) is 52.2 Å². The Morgan fingerprint density at radius 2 is 1.87 bits per heavy atom. The molecule has 0 aliphatic heterocycles. The van der Waals surface area contributed by atoms with E-state index in [1.807, 2.05) is 29.8 Å². The minimum Gasteiger partial charge on any atom is -0.384 e. The van der Waals surface area contributed by atoms with Gasteiger partial charge in [-0.25, -0.2) is 0 Å². The lowest BCUT2D eigenvalue weighted by Gasteiger charge is -2.22. The molecule has 23 heavy (non-hydrogen) atoms. The monoisotopic (exact) mass is 332 g/mol. The average molecular weight is 332 g/mol. The minimum absolute atomic E-state index is 0.0369. The predicted molar refractivity (Wildman–Crippen MR) is 91.3 cm³/mol. The molecule has 0 radical (unpaired) electrons. The molecule has 0 saturated carbocycles. The van der Waals surface area contributed by atoms with Crippen LogP contribution >= 0.6 is 11.3 Å². The summed E-state index contributed by atoms with van der Waals surface area (Å²) in [5.41, 5.74) is 1.21. The molecular formula is C17H20N2O3S. The molecule has 1 heterocycles. The van der Waals surface area contributed by atoms with E-state index in [4.69, 9.17) is 0 Å². The zero-order valence-electron chi connectivity index (χ0n) is 13.1. The standard InChI is InChI=1S/C17H20N2O3S/c1-3-12-4-6-14(7-5-12)19-16(21)15(20)18-11-17(2,22)13-8-9-23-10-13/h4-10,22H,3,11H2,1-2H3,(H,18,20)(H,19,21). The lowest BCUT2D eigenvalue weighted by molar-refractivity contribution is -0.136. The minimum atomic E-state index is -1.21. The molecule has 0 saturated heterocycles. The Hall–Kier alpha value is -2.18. The highest BCUT2D eigenvalue weighted by Crippen LogP contribution is 2.21. The van der Waals surface area contributed by atoms with Crippen LogP contribution in [0.15, 0.2) is 41.1 Å². The maximum atomic E-state index is 11.9. The molecule has 1 unspecified atom stereocenters. The molecule has 1 aromatic carbocycles. The largest absolute Gasteiger partial charge is 0.384 e. The Morgan fingerprint density at radius 1 is 1.17 bits per heavy atom. The van der Waals surface area contributed by atoms with Crippen LogP contribution in [0, 0.1) is 0 Å². The van der Waals surface area contributed by atoms with Crippen molar-refractivity contribution in [3.8, 4) is 0 Å². The number of hydrogen-bond donors (Lipinski definition) is 3. The Balaban J connectivity index is 1.88. The van der Waals surface area contributed by atoms with E-state index < -0.39 is 17.4 Å². The van der Waals surface area contributed by atoms with Crippen molar-refractivity contribution in [1.82, 2.24) is 5.32 Å². The van der Waals surface area contributed by atoms with Crippen LogP contribution in [0.5, 0.6) is 0 Å². The van der Waals surface area contributed by atoms with Crippen LogP contribution in [-0.4, -0.2) is 23.5 Å². The average Bonchev–Trinajstić information content (AvgIpc) is 3.08. The second-order valence-electron chi connectivity index (χ2n) is 5.47. The summed E-state index contributed by atoms with van der Waals surface area (Å²) < 4.78 is 0. The van der Waals surface area contributed by atoms with Crippen LogP contribution < -0.4 is 10.6 Å². The number of hydrogen-bond acceptors (Lipinski definition) is 4. The topological polar surface area (TPSA) is 78.4 Å². The van der Waals surface area contributed by atoms with Gasteiger partial charge in [-0.1, -0.05) is 19.1 Å². The fourth-order valence-corrected chi connectivity index (χ4v) is 2.80. The second kappa shape index (κ2) is 7.39. The number of carbonyl (C=O) groups is 2. The van der Waals surface area contributed by atoms with Crippen LogP contribution in [0.25, 0.3) is 0 Å². The number of rotatable bonds is 5. The number of carbonyl (C=O) groups excluding carboxylic acids is 2. The van der Waals surface area contributed by atoms with Gasteiger partial charge in [-0.2, -0.15) is 11.3 Å². The van der Waals surface area contributed by atoms with Crippen molar-refractivity contribution in [1.29, 1.82) is 0 Å². The fourth-order valence-electron chi connectivity index (χ4n) is 2.02. The zero-order chi connectivity index (χ0) is 16.9. The maximum absolute atomic E-state index is 11.9. The van der Waals surface area contributed by atoms with Gasteiger partial charge in [0.1, 0.15) is 5.60 Å². The van der Waals surface area contributed by atoms with Gasteiger partial charge in [-0.15, -0.1) is 0 Å². The first-order valence-corrected chi connectivity index (χ1v) is 8.30. The van der Waals surface area contributed by atoms with Gasteiger partial charge in [0.15, 0.2) is 0 Å². The highest BCUT2D eigenvalue weighted by Gasteiger charge is 2.25. The van der Waals surface area contributed by atoms with Crippen molar-refractivity contribution >= 4 is 28.8 Å². The van der Waals surface area contributed by atoms with Gasteiger partial charge in [0.25, 0.3) is 0 Å². The molecule has 6 heteroatoms. The number of thiophene rings is 1. The van der Waals surface area contributed by atoms with Crippen molar-refractivity contribution < 1.29 is 14.7 Å². The smallest absolute Gasteiger partial charge is 0.313 e. The first-order valence-electron chi connectivity index (χ1n) is 7.35. The van der Waals surface area contributed by atoms with Crippen LogP contribution in [-0.2, 0) is 21.6 Å². The predicted octanol–water partition coefficient (Wildman–Crippen LogP) is 2.27. The lowest BCUT2D eigenvalue weighted by atomic mass is 9.99. The van der Waals surface area contributed by atoms with Gasteiger partial charge in [-0.05, 0) is 53.4 Å². The summed E-state index contributed by atoms with van der Waals surface area (Å²) in [6, 6.07) is 9.09. The van der Waals surface area contributed by atoms with Gasteiger partial charge >= 0.3 is 11.8 Å². The Labute approximate surface area is 139 Å². The number of nitrogens with one attached hydrogen (secondary N) is 2. The number of anilines is 1. The molecule has 0 aliphatic rings. The fraction of sp³-hybridized carbons (Fsp3) is 0.294. The SMILES string of the molecule is CCc1ccc(NC(=O)C(=O)NCC(C)(O)c2ccsc2)cc1. The highest BCUT2D eigenvalue weighted by atomic mass is 32.1. The molecule has 2 aromatic rings. The van der Waals surface area contributed by atoms with Crippen LogP contribution in [0.4, 0.5) is 5.69 Å². The van der Waals surface area contributed by atoms with E-state index in [1.165, 1.54) is 11.3 Å². The number of aryl methyl sites for hydroxylation is 1. The van der Waals surface area contributed by atoms with Crippen LogP contribution in [0.2, 0.25) is 0 Å². The summed E-state index contributed by atoms with van der Waals surface area (Å²) >= 11 is 1.46. The van der Waals surface area contributed by atoms with Crippen molar-refractivity contribution in [3.63, 3.8) is 0 Å². The van der Waals surface area contributed by atoms with E-state index in [0.717, 1.165) is 12.0 Å². The number of benzene rings is 1. The maximum Gasteiger partial charge on any atom is 0.313 e. The molecule has 1 atom stereocenters. The number of amides is 2. The van der Waals surface area contributed by atoms with E-state index in [2.05, 4.69) is 10.6 Å². The molecule has 122 valence electrons. The van der Waals surface area contributed by atoms with Crippen LogP contribution in [0.3, 0.4) is 0 Å². The molecule has 2 rings (SSSR count). The summed E-state index contributed by atoms with van der Waals surface area (Å²) in [7, 11) is 0. The molecule has 2 amide bonds. The van der Waals surface area contributed by atoms with Crippen molar-refractivity contribution in [2.24, 2.45) is 0 Å². The van der Waals surface area contributed by atoms with Crippen molar-refractivity contribution in [2.75, 3.05) is 11.9 Å². The molecule has 1 aromatic heterocycles. The third-order valence-corrected chi connectivity index (χ3v) is 4.25. The Morgan fingerprint density at radius 3 is 2.43 bits per heavy atom. The lowest BCUT2D eigenvalue weighted by Crippen LogP contribution is -2.43. The summed E-state index contributed by atoms with van der Waals surface area (Å²) in [4.78, 5) is 23.7. The van der Waals surface area contributed by atoms with Gasteiger partial charge in [0.05, 0.1) is 6.54 Å². The summed E-state index contributed by atoms with van der Waals surface area (Å²) in [6.45, 7) is 3.60. The summed E-state index contributed by atoms with van der Waals surface area (Å²) in [6.07, 6.45) is 0.909. The molecule has 0 bridgehead atoms. The van der Waals surface area contributed by atoms with E-state index in [1.54, 1.807) is 25.1 Å². The van der Waals surface area contributed by atoms with Gasteiger partial charge in [-0.3, -0.25) is 9.59 Å². The third kappa shape index (κ3) is 4.64. The van der Waals surface area contributed by atoms with Gasteiger partial charge in [0.2, 0.25) is 0 Å².